The quantitative estimate of drug-likeness (QED) is 0.339. The SMILES string of the molecule is COc1ccc2c(c1)c(C(=O)Nc1ccn3ncc(-c4ccc(C)o4)c3c1)cn2C(=O)OC(C)(C)C. The molecule has 0 saturated carbocycles. The van der Waals surface area contributed by atoms with Crippen molar-refractivity contribution in [2.75, 3.05) is 12.4 Å². The van der Waals surface area contributed by atoms with Gasteiger partial charge in [-0.25, -0.2) is 9.31 Å². The molecule has 1 amide bonds. The van der Waals surface area contributed by atoms with Gasteiger partial charge >= 0.3 is 6.09 Å². The summed E-state index contributed by atoms with van der Waals surface area (Å²) >= 11 is 0. The first kappa shape index (κ1) is 23.2. The van der Waals surface area contributed by atoms with Gasteiger partial charge in [0.1, 0.15) is 22.9 Å². The molecule has 0 aliphatic carbocycles. The number of furan rings is 1. The van der Waals surface area contributed by atoms with Crippen molar-refractivity contribution in [2.24, 2.45) is 0 Å². The zero-order chi connectivity index (χ0) is 25.6. The summed E-state index contributed by atoms with van der Waals surface area (Å²) in [6.07, 6.45) is 4.40. The predicted octanol–water partition coefficient (Wildman–Crippen LogP) is 5.90. The van der Waals surface area contributed by atoms with E-state index < -0.39 is 11.7 Å². The normalized spacial score (nSPS) is 11.7. The standard InChI is InChI=1S/C27H26N4O5/c1-16-6-9-24(35-16)20-14-28-31-11-10-17(12-23(20)31)29-25(32)21-15-30(26(33)36-27(2,3)4)22-8-7-18(34-5)13-19(21)22/h6-15H,1-5H3,(H,29,32). The van der Waals surface area contributed by atoms with Crippen molar-refractivity contribution in [1.29, 1.82) is 0 Å². The first-order valence-corrected chi connectivity index (χ1v) is 11.4. The van der Waals surface area contributed by atoms with Crippen LogP contribution in [0.2, 0.25) is 0 Å². The Morgan fingerprint density at radius 1 is 1.06 bits per heavy atom. The van der Waals surface area contributed by atoms with E-state index in [1.54, 1.807) is 69.1 Å². The monoisotopic (exact) mass is 486 g/mol. The number of anilines is 1. The van der Waals surface area contributed by atoms with Gasteiger partial charge < -0.3 is 19.2 Å². The van der Waals surface area contributed by atoms with Crippen LogP contribution in [-0.4, -0.2) is 38.9 Å². The van der Waals surface area contributed by atoms with Gasteiger partial charge in [0, 0.05) is 23.5 Å². The summed E-state index contributed by atoms with van der Waals surface area (Å²) in [7, 11) is 1.55. The Bertz CT molecular complexity index is 1620. The van der Waals surface area contributed by atoms with Crippen LogP contribution in [0.15, 0.2) is 65.5 Å². The first-order chi connectivity index (χ1) is 17.1. The number of fused-ring (bicyclic) bond motifs is 2. The number of hydrogen-bond acceptors (Lipinski definition) is 6. The minimum absolute atomic E-state index is 0.310. The third-order valence-corrected chi connectivity index (χ3v) is 5.63. The highest BCUT2D eigenvalue weighted by Gasteiger charge is 2.23. The summed E-state index contributed by atoms with van der Waals surface area (Å²) in [4.78, 5) is 26.3. The van der Waals surface area contributed by atoms with Crippen molar-refractivity contribution in [2.45, 2.75) is 33.3 Å². The number of hydrogen-bond donors (Lipinski definition) is 1. The Morgan fingerprint density at radius 2 is 1.86 bits per heavy atom. The van der Waals surface area contributed by atoms with E-state index in [2.05, 4.69) is 10.4 Å². The number of nitrogens with zero attached hydrogens (tertiary/aromatic N) is 3. The number of carbonyl (C=O) groups excluding carboxylic acids is 2. The topological polar surface area (TPSA) is 100 Å². The van der Waals surface area contributed by atoms with Gasteiger partial charge in [-0.05, 0) is 70.2 Å². The molecule has 0 bridgehead atoms. The van der Waals surface area contributed by atoms with Gasteiger partial charge in [-0.3, -0.25) is 9.36 Å². The molecule has 9 heteroatoms. The lowest BCUT2D eigenvalue weighted by atomic mass is 10.1. The van der Waals surface area contributed by atoms with E-state index >= 15 is 0 Å². The number of carbonyl (C=O) groups is 2. The van der Waals surface area contributed by atoms with E-state index in [9.17, 15) is 9.59 Å². The van der Waals surface area contributed by atoms with Gasteiger partial charge in [-0.1, -0.05) is 0 Å². The van der Waals surface area contributed by atoms with E-state index in [1.807, 2.05) is 25.1 Å². The van der Waals surface area contributed by atoms with Crippen molar-refractivity contribution >= 4 is 34.1 Å². The smallest absolute Gasteiger partial charge is 0.419 e. The summed E-state index contributed by atoms with van der Waals surface area (Å²) in [5.74, 6) is 1.68. The van der Waals surface area contributed by atoms with Gasteiger partial charge in [0.15, 0.2) is 0 Å². The van der Waals surface area contributed by atoms with Crippen molar-refractivity contribution in [3.63, 3.8) is 0 Å². The van der Waals surface area contributed by atoms with Gasteiger partial charge in [0.05, 0.1) is 35.5 Å². The van der Waals surface area contributed by atoms with Gasteiger partial charge in [-0.2, -0.15) is 5.10 Å². The third kappa shape index (κ3) is 4.31. The fraction of sp³-hybridized carbons (Fsp3) is 0.222. The molecule has 36 heavy (non-hydrogen) atoms. The van der Waals surface area contributed by atoms with E-state index in [4.69, 9.17) is 13.9 Å². The molecular formula is C27H26N4O5. The van der Waals surface area contributed by atoms with Crippen molar-refractivity contribution in [3.05, 3.63) is 72.4 Å². The number of ether oxygens (including phenoxy) is 2. The largest absolute Gasteiger partial charge is 0.497 e. The molecule has 0 unspecified atom stereocenters. The highest BCUT2D eigenvalue weighted by atomic mass is 16.6. The average Bonchev–Trinajstić information content (AvgIpc) is 3.53. The number of aryl methyl sites for hydroxylation is 1. The Labute approximate surface area is 207 Å². The van der Waals surface area contributed by atoms with E-state index in [0.717, 1.165) is 16.8 Å². The number of benzene rings is 1. The second-order valence-electron chi connectivity index (χ2n) is 9.44. The van der Waals surface area contributed by atoms with Crippen LogP contribution in [0.3, 0.4) is 0 Å². The van der Waals surface area contributed by atoms with Gasteiger partial charge in [0.25, 0.3) is 5.91 Å². The number of pyridine rings is 1. The fourth-order valence-electron chi connectivity index (χ4n) is 4.01. The van der Waals surface area contributed by atoms with Crippen LogP contribution in [0.4, 0.5) is 10.5 Å². The molecule has 0 radical (unpaired) electrons. The second kappa shape index (κ2) is 8.60. The van der Waals surface area contributed by atoms with Crippen molar-refractivity contribution in [3.8, 4) is 17.1 Å². The summed E-state index contributed by atoms with van der Waals surface area (Å²) in [5.41, 5.74) is 2.32. The Morgan fingerprint density at radius 3 is 2.56 bits per heavy atom. The summed E-state index contributed by atoms with van der Waals surface area (Å²) in [6.45, 7) is 7.25. The van der Waals surface area contributed by atoms with E-state index in [-0.39, 0.29) is 5.91 Å². The Hall–Kier alpha value is -4.53. The van der Waals surface area contributed by atoms with Crippen LogP contribution >= 0.6 is 0 Å². The number of rotatable bonds is 4. The molecule has 4 heterocycles. The molecule has 0 spiro atoms. The minimum Gasteiger partial charge on any atom is -0.497 e. The van der Waals surface area contributed by atoms with Crippen LogP contribution in [0.1, 0.15) is 36.9 Å². The summed E-state index contributed by atoms with van der Waals surface area (Å²) in [6, 6.07) is 12.5. The highest BCUT2D eigenvalue weighted by molar-refractivity contribution is 6.14. The van der Waals surface area contributed by atoms with E-state index in [0.29, 0.717) is 33.7 Å². The molecule has 184 valence electrons. The van der Waals surface area contributed by atoms with E-state index in [1.165, 1.54) is 10.8 Å². The Kier molecular flexibility index (Phi) is 5.55. The Balaban J connectivity index is 1.52. The zero-order valence-corrected chi connectivity index (χ0v) is 20.7. The lowest BCUT2D eigenvalue weighted by molar-refractivity contribution is 0.0544. The highest BCUT2D eigenvalue weighted by Crippen LogP contribution is 2.30. The molecule has 1 N–H and O–H groups in total. The molecule has 5 aromatic rings. The minimum atomic E-state index is -0.687. The number of aromatic nitrogens is 3. The maximum absolute atomic E-state index is 13.4. The van der Waals surface area contributed by atoms with Crippen LogP contribution in [0, 0.1) is 6.92 Å². The maximum Gasteiger partial charge on any atom is 0.419 e. The maximum atomic E-state index is 13.4. The molecule has 4 aromatic heterocycles. The molecule has 0 saturated heterocycles. The van der Waals surface area contributed by atoms with Crippen LogP contribution in [-0.2, 0) is 4.74 Å². The van der Waals surface area contributed by atoms with Gasteiger partial charge in [-0.15, -0.1) is 0 Å². The van der Waals surface area contributed by atoms with Gasteiger partial charge in [0.2, 0.25) is 0 Å². The molecule has 5 rings (SSSR count). The number of nitrogens with one attached hydrogen (secondary N) is 1. The van der Waals surface area contributed by atoms with Crippen molar-refractivity contribution < 1.29 is 23.5 Å². The second-order valence-corrected chi connectivity index (χ2v) is 9.44. The molecule has 1 aromatic carbocycles. The zero-order valence-electron chi connectivity index (χ0n) is 20.7. The van der Waals surface area contributed by atoms with Crippen LogP contribution in [0.5, 0.6) is 5.75 Å². The molecule has 0 aliphatic heterocycles. The lowest BCUT2D eigenvalue weighted by Gasteiger charge is -2.19. The third-order valence-electron chi connectivity index (χ3n) is 5.63. The molecule has 0 fully saturated rings. The molecule has 9 nitrogen and oxygen atoms in total. The first-order valence-electron chi connectivity index (χ1n) is 11.4. The van der Waals surface area contributed by atoms with Crippen LogP contribution < -0.4 is 10.1 Å². The fourth-order valence-corrected chi connectivity index (χ4v) is 4.01. The van der Waals surface area contributed by atoms with Crippen LogP contribution in [0.25, 0.3) is 27.7 Å². The summed E-state index contributed by atoms with van der Waals surface area (Å²) in [5, 5.41) is 7.87. The molecule has 0 atom stereocenters. The van der Waals surface area contributed by atoms with Crippen molar-refractivity contribution in [1.82, 2.24) is 14.2 Å². The summed E-state index contributed by atoms with van der Waals surface area (Å²) < 4.78 is 19.7. The molecule has 0 aliphatic rings. The number of methoxy groups -OCH3 is 1. The predicted molar refractivity (Wildman–Crippen MR) is 136 cm³/mol. The molecular weight excluding hydrogens is 460 g/mol. The average molecular weight is 487 g/mol. The number of amides is 1. The lowest BCUT2D eigenvalue weighted by Crippen LogP contribution is -2.26.